The maximum absolute atomic E-state index is 12.8. The fourth-order valence-corrected chi connectivity index (χ4v) is 5.85. The van der Waals surface area contributed by atoms with E-state index in [0.717, 1.165) is 36.1 Å². The number of hydrogen-bond acceptors (Lipinski definition) is 5. The Kier molecular flexibility index (Phi) is 4.56. The van der Waals surface area contributed by atoms with Crippen molar-refractivity contribution in [2.75, 3.05) is 23.1 Å². The van der Waals surface area contributed by atoms with Crippen molar-refractivity contribution >= 4 is 33.3 Å². The molecule has 1 spiro atoms. The molecule has 1 saturated heterocycles. The second-order valence-corrected chi connectivity index (χ2v) is 10.1. The Hall–Kier alpha value is -2.22. The van der Waals surface area contributed by atoms with E-state index in [4.69, 9.17) is 0 Å². The molecule has 2 aliphatic heterocycles. The van der Waals surface area contributed by atoms with Crippen molar-refractivity contribution in [3.8, 4) is 0 Å². The third-order valence-electron chi connectivity index (χ3n) is 6.31. The summed E-state index contributed by atoms with van der Waals surface area (Å²) in [5.41, 5.74) is 1.23. The van der Waals surface area contributed by atoms with Gasteiger partial charge in [-0.05, 0) is 49.9 Å². The number of carbonyl (C=O) groups is 3. The Bertz CT molecular complexity index is 963. The van der Waals surface area contributed by atoms with Crippen LogP contribution in [0.2, 0.25) is 0 Å². The van der Waals surface area contributed by atoms with Crippen LogP contribution < -0.4 is 4.31 Å². The molecule has 7 nitrogen and oxygen atoms in total. The first-order chi connectivity index (χ1) is 13.3. The monoisotopic (exact) mass is 404 g/mol. The normalized spacial score (nSPS) is 21.0. The van der Waals surface area contributed by atoms with Gasteiger partial charge in [0.15, 0.2) is 5.78 Å². The molecule has 2 heterocycles. The zero-order valence-electron chi connectivity index (χ0n) is 15.9. The average molecular weight is 404 g/mol. The van der Waals surface area contributed by atoms with Crippen molar-refractivity contribution in [1.29, 1.82) is 0 Å². The fourth-order valence-electron chi connectivity index (χ4n) is 4.69. The highest BCUT2D eigenvalue weighted by Gasteiger charge is 2.52. The van der Waals surface area contributed by atoms with Crippen LogP contribution >= 0.6 is 0 Å². The van der Waals surface area contributed by atoms with Gasteiger partial charge in [0, 0.05) is 18.5 Å². The van der Waals surface area contributed by atoms with Crippen LogP contribution in [-0.4, -0.2) is 49.8 Å². The molecule has 1 saturated carbocycles. The first kappa shape index (κ1) is 19.1. The Balaban J connectivity index is 1.52. The van der Waals surface area contributed by atoms with Crippen molar-refractivity contribution in [1.82, 2.24) is 4.90 Å². The number of ketones is 1. The van der Waals surface area contributed by atoms with Gasteiger partial charge >= 0.3 is 0 Å². The average Bonchev–Trinajstić information content (AvgIpc) is 3.36. The maximum Gasteiger partial charge on any atom is 0.236 e. The number of Topliss-reactive ketones (excluding diaryl/α,β-unsaturated/α-hetero) is 1. The molecule has 2 fully saturated rings. The molecule has 1 aliphatic carbocycles. The lowest BCUT2D eigenvalue weighted by Gasteiger charge is -2.20. The predicted octanol–water partition coefficient (Wildman–Crippen LogP) is 1.90. The van der Waals surface area contributed by atoms with Crippen LogP contribution in [0.4, 0.5) is 5.69 Å². The summed E-state index contributed by atoms with van der Waals surface area (Å²) in [5, 5.41) is 0. The van der Waals surface area contributed by atoms with Gasteiger partial charge in [-0.15, -0.1) is 0 Å². The van der Waals surface area contributed by atoms with E-state index in [2.05, 4.69) is 0 Å². The minimum Gasteiger partial charge on any atom is -0.292 e. The van der Waals surface area contributed by atoms with E-state index in [1.807, 2.05) is 0 Å². The summed E-state index contributed by atoms with van der Waals surface area (Å²) >= 11 is 0. The van der Waals surface area contributed by atoms with E-state index in [0.29, 0.717) is 24.2 Å². The summed E-state index contributed by atoms with van der Waals surface area (Å²) in [5.74, 6) is -0.740. The topological polar surface area (TPSA) is 91.8 Å². The Morgan fingerprint density at radius 1 is 1.18 bits per heavy atom. The Labute approximate surface area is 164 Å². The predicted molar refractivity (Wildman–Crippen MR) is 104 cm³/mol. The molecule has 1 aromatic carbocycles. The van der Waals surface area contributed by atoms with Gasteiger partial charge in [0.05, 0.1) is 23.4 Å². The van der Waals surface area contributed by atoms with Crippen LogP contribution in [0.5, 0.6) is 0 Å². The summed E-state index contributed by atoms with van der Waals surface area (Å²) in [6, 6.07) is 4.93. The van der Waals surface area contributed by atoms with Crippen LogP contribution in [-0.2, 0) is 26.0 Å². The standard InChI is InChI=1S/C20H24N2O5S/c1-2-28(26,27)22-10-7-14-11-15(5-6-16(14)22)17(23)13-21-18(24)12-20(19(21)25)8-3-4-9-20/h5-6,11H,2-4,7-10,12-13H2,1H3. The lowest BCUT2D eigenvalue weighted by atomic mass is 9.84. The molecule has 3 aliphatic rings. The highest BCUT2D eigenvalue weighted by atomic mass is 32.2. The summed E-state index contributed by atoms with van der Waals surface area (Å²) in [6.45, 7) is 1.73. The van der Waals surface area contributed by atoms with E-state index in [9.17, 15) is 22.8 Å². The van der Waals surface area contributed by atoms with Gasteiger partial charge < -0.3 is 0 Å². The largest absolute Gasteiger partial charge is 0.292 e. The number of nitrogens with zero attached hydrogens (tertiary/aromatic N) is 2. The number of rotatable bonds is 5. The van der Waals surface area contributed by atoms with Crippen molar-refractivity contribution in [2.24, 2.45) is 5.41 Å². The number of hydrogen-bond donors (Lipinski definition) is 0. The quantitative estimate of drug-likeness (QED) is 0.552. The van der Waals surface area contributed by atoms with Crippen molar-refractivity contribution in [3.63, 3.8) is 0 Å². The Morgan fingerprint density at radius 2 is 1.89 bits per heavy atom. The molecule has 0 atom stereocenters. The van der Waals surface area contributed by atoms with Crippen LogP contribution in [0.3, 0.4) is 0 Å². The van der Waals surface area contributed by atoms with Crippen molar-refractivity contribution in [2.45, 2.75) is 45.4 Å². The number of benzene rings is 1. The maximum atomic E-state index is 12.8. The molecule has 2 amide bonds. The van der Waals surface area contributed by atoms with E-state index < -0.39 is 15.4 Å². The summed E-state index contributed by atoms with van der Waals surface area (Å²) in [7, 11) is -3.34. The number of imide groups is 1. The first-order valence-corrected chi connectivity index (χ1v) is 11.4. The van der Waals surface area contributed by atoms with Gasteiger partial charge in [0.2, 0.25) is 21.8 Å². The molecule has 150 valence electrons. The molecule has 0 N–H and O–H groups in total. The van der Waals surface area contributed by atoms with Crippen LogP contribution in [0, 0.1) is 5.41 Å². The second-order valence-electron chi connectivity index (χ2n) is 7.94. The van der Waals surface area contributed by atoms with Crippen LogP contribution in [0.15, 0.2) is 18.2 Å². The fraction of sp³-hybridized carbons (Fsp3) is 0.550. The van der Waals surface area contributed by atoms with Crippen LogP contribution in [0.1, 0.15) is 54.9 Å². The SMILES string of the molecule is CCS(=O)(=O)N1CCc2cc(C(=O)CN3C(=O)CC4(CCCC4)C3=O)ccc21. The zero-order valence-corrected chi connectivity index (χ0v) is 16.8. The number of sulfonamides is 1. The van der Waals surface area contributed by atoms with Gasteiger partial charge in [-0.3, -0.25) is 23.6 Å². The second kappa shape index (κ2) is 6.69. The third kappa shape index (κ3) is 2.94. The number of likely N-dealkylation sites (tertiary alicyclic amines) is 1. The molecule has 28 heavy (non-hydrogen) atoms. The van der Waals surface area contributed by atoms with Crippen molar-refractivity contribution < 1.29 is 22.8 Å². The van der Waals surface area contributed by atoms with E-state index >= 15 is 0 Å². The molecule has 0 unspecified atom stereocenters. The summed E-state index contributed by atoms with van der Waals surface area (Å²) in [4.78, 5) is 39.0. The van der Waals surface area contributed by atoms with Crippen molar-refractivity contribution in [3.05, 3.63) is 29.3 Å². The summed E-state index contributed by atoms with van der Waals surface area (Å²) in [6.07, 6.45) is 4.10. The van der Waals surface area contributed by atoms with Gasteiger partial charge in [-0.25, -0.2) is 8.42 Å². The van der Waals surface area contributed by atoms with Gasteiger partial charge in [-0.2, -0.15) is 0 Å². The first-order valence-electron chi connectivity index (χ1n) is 9.79. The minimum absolute atomic E-state index is 0.0219. The summed E-state index contributed by atoms with van der Waals surface area (Å²) < 4.78 is 25.8. The number of amides is 2. The minimum atomic E-state index is -3.34. The van der Waals surface area contributed by atoms with Gasteiger partial charge in [0.25, 0.3) is 0 Å². The highest BCUT2D eigenvalue weighted by Crippen LogP contribution is 2.46. The van der Waals surface area contributed by atoms with Gasteiger partial charge in [-0.1, -0.05) is 12.8 Å². The van der Waals surface area contributed by atoms with E-state index in [1.165, 1.54) is 4.31 Å². The zero-order chi connectivity index (χ0) is 20.1. The highest BCUT2D eigenvalue weighted by molar-refractivity contribution is 7.92. The lowest BCUT2D eigenvalue weighted by Crippen LogP contribution is -2.38. The number of anilines is 1. The van der Waals surface area contributed by atoms with E-state index in [-0.39, 0.29) is 36.3 Å². The number of carbonyl (C=O) groups excluding carboxylic acids is 3. The molecule has 4 rings (SSSR count). The number of fused-ring (bicyclic) bond motifs is 1. The molecule has 8 heteroatoms. The van der Waals surface area contributed by atoms with Gasteiger partial charge in [0.1, 0.15) is 0 Å². The van der Waals surface area contributed by atoms with E-state index in [1.54, 1.807) is 25.1 Å². The molecule has 0 radical (unpaired) electrons. The van der Waals surface area contributed by atoms with Crippen LogP contribution in [0.25, 0.3) is 0 Å². The molecule has 0 aromatic heterocycles. The lowest BCUT2D eigenvalue weighted by molar-refractivity contribution is -0.140. The molecule has 1 aromatic rings. The third-order valence-corrected chi connectivity index (χ3v) is 8.09. The molecule has 0 bridgehead atoms. The Morgan fingerprint density at radius 3 is 2.57 bits per heavy atom. The molecular weight excluding hydrogens is 380 g/mol. The smallest absolute Gasteiger partial charge is 0.236 e. The molecular formula is C20H24N2O5S.